The highest BCUT2D eigenvalue weighted by Gasteiger charge is 2.81. The van der Waals surface area contributed by atoms with E-state index in [-0.39, 0.29) is 23.6 Å². The van der Waals surface area contributed by atoms with Crippen LogP contribution in [0.4, 0.5) is 11.4 Å². The van der Waals surface area contributed by atoms with Crippen LogP contribution >= 0.6 is 11.6 Å². The molecule has 0 radical (unpaired) electrons. The largest absolute Gasteiger partial charge is 0.494 e. The molecule has 3 aromatic carbocycles. The number of hydrogen-bond acceptors (Lipinski definition) is 5. The third-order valence-corrected chi connectivity index (χ3v) is 9.75. The molecule has 3 aromatic rings. The lowest BCUT2D eigenvalue weighted by molar-refractivity contribution is -0.137. The molecule has 2 fully saturated rings. The maximum atomic E-state index is 14.8. The Morgan fingerprint density at radius 1 is 1.05 bits per heavy atom. The number of ether oxygens (including phenoxy) is 1. The first-order chi connectivity index (χ1) is 19.4. The van der Waals surface area contributed by atoms with Crippen LogP contribution in [0.3, 0.4) is 0 Å². The van der Waals surface area contributed by atoms with Crippen LogP contribution in [-0.2, 0) is 20.5 Å². The minimum Gasteiger partial charge on any atom is -0.494 e. The molecule has 2 N–H and O–H groups in total. The van der Waals surface area contributed by atoms with Crippen molar-refractivity contribution in [1.29, 1.82) is 0 Å². The number of ketones is 1. The Hall–Kier alpha value is -3.68. The average Bonchev–Trinajstić information content (AvgIpc) is 3.68. The molecular formula is C32H30ClN3O4. The first kappa shape index (κ1) is 25.3. The summed E-state index contributed by atoms with van der Waals surface area (Å²) in [6, 6.07) is 18.0. The van der Waals surface area contributed by atoms with Crippen molar-refractivity contribution in [3.63, 3.8) is 0 Å². The molecule has 7 rings (SSSR count). The van der Waals surface area contributed by atoms with Crippen LogP contribution in [0, 0.1) is 12.8 Å². The van der Waals surface area contributed by atoms with E-state index < -0.39 is 16.9 Å². The fourth-order valence-corrected chi connectivity index (χ4v) is 8.06. The molecule has 0 aliphatic carbocycles. The van der Waals surface area contributed by atoms with Crippen LogP contribution in [0.2, 0.25) is 5.02 Å². The normalized spacial score (nSPS) is 28.0. The number of nitrogens with zero attached hydrogens (tertiary/aromatic N) is 1. The number of fused-ring (bicyclic) bond motifs is 7. The Labute approximate surface area is 237 Å². The van der Waals surface area contributed by atoms with Crippen LogP contribution in [0.15, 0.2) is 60.7 Å². The molecule has 2 amide bonds. The van der Waals surface area contributed by atoms with Gasteiger partial charge in [-0.05, 0) is 68.1 Å². The molecule has 40 heavy (non-hydrogen) atoms. The van der Waals surface area contributed by atoms with Crippen molar-refractivity contribution in [2.75, 3.05) is 23.8 Å². The number of carbonyl (C=O) groups excluding carboxylic acids is 3. The number of rotatable bonds is 5. The lowest BCUT2D eigenvalue weighted by Gasteiger charge is -2.43. The summed E-state index contributed by atoms with van der Waals surface area (Å²) in [4.78, 5) is 46.1. The molecule has 4 aliphatic rings. The molecule has 4 heterocycles. The van der Waals surface area contributed by atoms with Gasteiger partial charge in [0.05, 0.1) is 18.2 Å². The van der Waals surface area contributed by atoms with Gasteiger partial charge in [-0.15, -0.1) is 0 Å². The Kier molecular flexibility index (Phi) is 5.64. The molecule has 7 nitrogen and oxygen atoms in total. The van der Waals surface area contributed by atoms with Gasteiger partial charge in [0.2, 0.25) is 5.91 Å². The van der Waals surface area contributed by atoms with Crippen molar-refractivity contribution < 1.29 is 19.1 Å². The molecule has 8 heteroatoms. The van der Waals surface area contributed by atoms with Gasteiger partial charge in [-0.1, -0.05) is 54.9 Å². The maximum absolute atomic E-state index is 14.8. The van der Waals surface area contributed by atoms with Gasteiger partial charge in [0.15, 0.2) is 5.78 Å². The van der Waals surface area contributed by atoms with E-state index in [0.717, 1.165) is 18.4 Å². The second kappa shape index (κ2) is 8.91. The first-order valence-corrected chi connectivity index (χ1v) is 14.3. The van der Waals surface area contributed by atoms with Gasteiger partial charge in [0.25, 0.3) is 5.91 Å². The van der Waals surface area contributed by atoms with Gasteiger partial charge >= 0.3 is 0 Å². The van der Waals surface area contributed by atoms with E-state index in [4.69, 9.17) is 16.3 Å². The highest BCUT2D eigenvalue weighted by molar-refractivity contribution is 6.32. The van der Waals surface area contributed by atoms with Gasteiger partial charge in [0.1, 0.15) is 16.7 Å². The standard InChI is InChI=1S/C32H30ClN3O4/c1-3-16-40-20-9-6-8-19(17-20)28(37)26-25-12-7-15-36(25)32(22-13-14-23(33)18(2)27(22)35-30(32)39)31(26)21-10-4-5-11-24(21)34-29(31)38/h4-6,8-11,13-14,17,25-26H,3,7,12,15-16H2,1-2H3,(H,34,38)(H,35,39)/t25-,26+,31+,32+/m1/s1. The van der Waals surface area contributed by atoms with E-state index in [9.17, 15) is 14.4 Å². The van der Waals surface area contributed by atoms with E-state index in [1.807, 2.05) is 56.3 Å². The van der Waals surface area contributed by atoms with Crippen molar-refractivity contribution >= 4 is 40.6 Å². The van der Waals surface area contributed by atoms with Gasteiger partial charge < -0.3 is 15.4 Å². The van der Waals surface area contributed by atoms with Crippen LogP contribution in [0.1, 0.15) is 53.2 Å². The number of para-hydroxylation sites is 1. The SMILES string of the molecule is CCCOc1cccc(C(=O)[C@@H]2[C@H]3CCCN3[C@@]3(C(=O)Nc4c3ccc(Cl)c4C)[C@]23C(=O)Nc2ccccc23)c1. The summed E-state index contributed by atoms with van der Waals surface area (Å²) in [7, 11) is 0. The first-order valence-electron chi connectivity index (χ1n) is 13.9. The summed E-state index contributed by atoms with van der Waals surface area (Å²) >= 11 is 6.51. The lowest BCUT2D eigenvalue weighted by Crippen LogP contribution is -2.62. The van der Waals surface area contributed by atoms with Crippen molar-refractivity contribution in [2.24, 2.45) is 5.92 Å². The minimum atomic E-state index is -1.48. The third-order valence-electron chi connectivity index (χ3n) is 9.34. The smallest absolute Gasteiger partial charge is 0.251 e. The number of anilines is 2. The number of nitrogens with one attached hydrogen (secondary N) is 2. The van der Waals surface area contributed by atoms with Crippen LogP contribution in [0.25, 0.3) is 0 Å². The Morgan fingerprint density at radius 2 is 1.88 bits per heavy atom. The molecule has 2 spiro atoms. The number of Topliss-reactive ketones (excluding diaryl/α,β-unsaturated/α-hetero) is 1. The molecule has 0 bridgehead atoms. The quantitative estimate of drug-likeness (QED) is 0.409. The Morgan fingerprint density at radius 3 is 2.70 bits per heavy atom. The van der Waals surface area contributed by atoms with Crippen LogP contribution < -0.4 is 15.4 Å². The zero-order valence-corrected chi connectivity index (χ0v) is 23.2. The highest BCUT2D eigenvalue weighted by Crippen LogP contribution is 2.68. The van der Waals surface area contributed by atoms with Crippen molar-refractivity contribution in [2.45, 2.75) is 50.1 Å². The zero-order chi connectivity index (χ0) is 27.8. The zero-order valence-electron chi connectivity index (χ0n) is 22.4. The molecule has 2 saturated heterocycles. The van der Waals surface area contributed by atoms with E-state index in [2.05, 4.69) is 15.5 Å². The minimum absolute atomic E-state index is 0.158. The fourth-order valence-electron chi connectivity index (χ4n) is 7.90. The van der Waals surface area contributed by atoms with Crippen molar-refractivity contribution in [1.82, 2.24) is 4.90 Å². The Balaban J connectivity index is 1.52. The molecule has 204 valence electrons. The number of carbonyl (C=O) groups is 3. The predicted octanol–water partition coefficient (Wildman–Crippen LogP) is 5.45. The summed E-state index contributed by atoms with van der Waals surface area (Å²) in [6.45, 7) is 5.04. The molecule has 4 atom stereocenters. The van der Waals surface area contributed by atoms with E-state index in [1.54, 1.807) is 18.2 Å². The average molecular weight is 556 g/mol. The highest BCUT2D eigenvalue weighted by atomic mass is 35.5. The fraction of sp³-hybridized carbons (Fsp3) is 0.344. The maximum Gasteiger partial charge on any atom is 0.251 e. The van der Waals surface area contributed by atoms with Gasteiger partial charge in [0, 0.05) is 27.9 Å². The van der Waals surface area contributed by atoms with Gasteiger partial charge in [-0.3, -0.25) is 19.3 Å². The molecule has 0 unspecified atom stereocenters. The number of benzene rings is 3. The van der Waals surface area contributed by atoms with Crippen molar-refractivity contribution in [3.8, 4) is 5.75 Å². The van der Waals surface area contributed by atoms with Crippen LogP contribution in [-0.4, -0.2) is 41.7 Å². The number of halogens is 1. The number of amides is 2. The monoisotopic (exact) mass is 555 g/mol. The van der Waals surface area contributed by atoms with Gasteiger partial charge in [-0.2, -0.15) is 0 Å². The summed E-state index contributed by atoms with van der Waals surface area (Å²) in [5.41, 5.74) is 0.978. The van der Waals surface area contributed by atoms with Crippen molar-refractivity contribution in [3.05, 3.63) is 87.9 Å². The third kappa shape index (κ3) is 2.97. The molecular weight excluding hydrogens is 526 g/mol. The molecule has 0 saturated carbocycles. The van der Waals surface area contributed by atoms with E-state index >= 15 is 0 Å². The molecule has 0 aromatic heterocycles. The second-order valence-electron chi connectivity index (χ2n) is 11.2. The predicted molar refractivity (Wildman–Crippen MR) is 153 cm³/mol. The number of hydrogen-bond donors (Lipinski definition) is 2. The lowest BCUT2D eigenvalue weighted by atomic mass is 9.57. The molecule has 4 aliphatic heterocycles. The van der Waals surface area contributed by atoms with E-state index in [0.29, 0.717) is 58.4 Å². The summed E-state index contributed by atoms with van der Waals surface area (Å²) in [5, 5.41) is 6.72. The Bertz CT molecular complexity index is 1600. The van der Waals surface area contributed by atoms with E-state index in [1.165, 1.54) is 0 Å². The summed E-state index contributed by atoms with van der Waals surface area (Å²) < 4.78 is 5.85. The topological polar surface area (TPSA) is 87.7 Å². The van der Waals surface area contributed by atoms with Crippen LogP contribution in [0.5, 0.6) is 5.75 Å². The summed E-state index contributed by atoms with van der Waals surface area (Å²) in [6.07, 6.45) is 2.37. The summed E-state index contributed by atoms with van der Waals surface area (Å²) in [5.74, 6) is -0.956. The van der Waals surface area contributed by atoms with Gasteiger partial charge in [-0.25, -0.2) is 0 Å². The second-order valence-corrected chi connectivity index (χ2v) is 11.6.